The smallest absolute Gasteiger partial charge is 0.311 e. The van der Waals surface area contributed by atoms with Gasteiger partial charge < -0.3 is 27.1 Å². The van der Waals surface area contributed by atoms with Gasteiger partial charge >= 0.3 is 17.1 Å². The Kier molecular flexibility index (Phi) is 34.2. The monoisotopic (exact) mass is 891 g/mol. The van der Waals surface area contributed by atoms with E-state index in [4.69, 9.17) is 22.2 Å². The van der Waals surface area contributed by atoms with Gasteiger partial charge in [-0.15, -0.1) is 0 Å². The molecular formula is C38H95BrN2O4Si6. The Morgan fingerprint density at radius 3 is 0.941 bits per heavy atom. The minimum absolute atomic E-state index is 0.763. The maximum atomic E-state index is 6.76. The molecule has 6 nitrogen and oxygen atoms in total. The zero-order valence-electron chi connectivity index (χ0n) is 37.9. The largest absolute Gasteiger partial charge is 0.437 e. The summed E-state index contributed by atoms with van der Waals surface area (Å²) < 4.78 is 26.4. The Morgan fingerprint density at radius 1 is 0.412 bits per heavy atom. The number of rotatable bonds is 29. The van der Waals surface area contributed by atoms with Gasteiger partial charge in [0.15, 0.2) is 33.3 Å². The van der Waals surface area contributed by atoms with Gasteiger partial charge in [0.2, 0.25) is 0 Å². The third-order valence-electron chi connectivity index (χ3n) is 8.73. The number of halogens is 1. The van der Waals surface area contributed by atoms with E-state index in [0.29, 0.717) is 0 Å². The molecule has 2 N–H and O–H groups in total. The van der Waals surface area contributed by atoms with E-state index in [1.165, 1.54) is 108 Å². The van der Waals surface area contributed by atoms with Crippen molar-refractivity contribution in [3.05, 3.63) is 0 Å². The van der Waals surface area contributed by atoms with Crippen molar-refractivity contribution in [1.29, 1.82) is 0 Å². The van der Waals surface area contributed by atoms with Crippen molar-refractivity contribution in [2.75, 3.05) is 31.5 Å². The van der Waals surface area contributed by atoms with Crippen molar-refractivity contribution < 1.29 is 16.5 Å². The van der Waals surface area contributed by atoms with Crippen molar-refractivity contribution in [2.24, 2.45) is 5.73 Å². The summed E-state index contributed by atoms with van der Waals surface area (Å²) >= 11 is 3.31. The van der Waals surface area contributed by atoms with Crippen molar-refractivity contribution in [3.8, 4) is 0 Å². The molecule has 0 saturated heterocycles. The molecule has 0 aromatic rings. The Hall–Kier alpha value is 1.54. The van der Waals surface area contributed by atoms with Crippen LogP contribution in [0.25, 0.3) is 0 Å². The van der Waals surface area contributed by atoms with Crippen LogP contribution in [-0.2, 0) is 16.5 Å². The molecule has 0 amide bonds. The highest BCUT2D eigenvalue weighted by molar-refractivity contribution is 9.09. The SMILES string of the molecule is CCCCBr.CCCCN(CCCC)CCC[Si](C)(C)O[Si](C)(C)O[Si](C)(C)CCCC.CCCC[Si](C)(C)O[Si](C)(C)O[Si](C)(C)CCCN. The van der Waals surface area contributed by atoms with Gasteiger partial charge in [-0.25, -0.2) is 0 Å². The summed E-state index contributed by atoms with van der Waals surface area (Å²) in [6.07, 6.45) is 15.3. The molecule has 312 valence electrons. The van der Waals surface area contributed by atoms with Gasteiger partial charge in [-0.2, -0.15) is 0 Å². The molecule has 0 aliphatic rings. The van der Waals surface area contributed by atoms with E-state index in [9.17, 15) is 0 Å². The van der Waals surface area contributed by atoms with Crippen molar-refractivity contribution in [3.63, 3.8) is 0 Å². The standard InChI is InChI=1S/C21H51NO2Si3.C13H35NO2Si3.C4H9Br/c1-10-13-17-22(18-14-11-2)19-16-21-26(6,7)24-27(8,9)23-25(4,5)20-15-12-3;1-8-9-12-17(2,3)15-19(6,7)16-18(4,5)13-10-11-14;1-2-3-4-5/h10-21H2,1-9H3;8-14H2,1-7H3;2-4H2,1H3. The van der Waals surface area contributed by atoms with Crippen LogP contribution >= 0.6 is 15.9 Å². The fourth-order valence-electron chi connectivity index (χ4n) is 6.60. The van der Waals surface area contributed by atoms with Gasteiger partial charge in [-0.3, -0.25) is 0 Å². The Labute approximate surface area is 337 Å². The molecule has 13 heteroatoms. The lowest BCUT2D eigenvalue weighted by Gasteiger charge is -2.39. The van der Waals surface area contributed by atoms with Crippen LogP contribution in [0.2, 0.25) is 103 Å². The van der Waals surface area contributed by atoms with E-state index in [1.54, 1.807) is 0 Å². The number of hydrogen-bond donors (Lipinski definition) is 1. The zero-order valence-corrected chi connectivity index (χ0v) is 45.5. The predicted molar refractivity (Wildman–Crippen MR) is 252 cm³/mol. The molecule has 0 saturated carbocycles. The summed E-state index contributed by atoms with van der Waals surface area (Å²) in [6.45, 7) is 43.6. The summed E-state index contributed by atoms with van der Waals surface area (Å²) in [5, 5.41) is 1.16. The maximum Gasteiger partial charge on any atom is 0.311 e. The van der Waals surface area contributed by atoms with Crippen molar-refractivity contribution >= 4 is 66.3 Å². The minimum atomic E-state index is -2.03. The van der Waals surface area contributed by atoms with E-state index in [2.05, 4.69) is 134 Å². The van der Waals surface area contributed by atoms with Crippen LogP contribution in [0.15, 0.2) is 0 Å². The lowest BCUT2D eigenvalue weighted by molar-refractivity contribution is 0.264. The molecule has 0 bridgehead atoms. The molecule has 51 heavy (non-hydrogen) atoms. The molecule has 0 atom stereocenters. The third kappa shape index (κ3) is 38.2. The van der Waals surface area contributed by atoms with E-state index in [1.807, 2.05) is 0 Å². The Bertz CT molecular complexity index is 774. The number of unbranched alkanes of at least 4 members (excludes halogenated alkanes) is 5. The second-order valence-corrected chi connectivity index (χ2v) is 43.8. The van der Waals surface area contributed by atoms with Crippen LogP contribution in [-0.4, -0.2) is 86.8 Å². The molecule has 0 aliphatic heterocycles. The highest BCUT2D eigenvalue weighted by atomic mass is 79.9. The molecule has 0 aromatic carbocycles. The van der Waals surface area contributed by atoms with Crippen LogP contribution in [0.4, 0.5) is 0 Å². The van der Waals surface area contributed by atoms with E-state index in [0.717, 1.165) is 24.3 Å². The lowest BCUT2D eigenvalue weighted by Crippen LogP contribution is -2.52. The van der Waals surface area contributed by atoms with Gasteiger partial charge in [0, 0.05) is 5.33 Å². The normalized spacial score (nSPS) is 13.2. The lowest BCUT2D eigenvalue weighted by atomic mass is 10.2. The maximum absolute atomic E-state index is 6.76. The first-order chi connectivity index (χ1) is 23.4. The third-order valence-corrected chi connectivity index (χ3v) is 32.2. The van der Waals surface area contributed by atoms with Crippen LogP contribution in [0.3, 0.4) is 0 Å². The molecule has 0 unspecified atom stereocenters. The summed E-state index contributed by atoms with van der Waals surface area (Å²) in [7, 11) is -10.4. The first-order valence-electron chi connectivity index (χ1n) is 21.2. The predicted octanol–water partition coefficient (Wildman–Crippen LogP) is 13.7. The Balaban J connectivity index is -0.000000832. The average molecular weight is 893 g/mol. The van der Waals surface area contributed by atoms with Crippen LogP contribution in [0, 0.1) is 0 Å². The molecule has 0 aliphatic carbocycles. The molecule has 0 aromatic heterocycles. The number of hydrogen-bond acceptors (Lipinski definition) is 6. The van der Waals surface area contributed by atoms with E-state index < -0.39 is 50.4 Å². The Morgan fingerprint density at radius 2 is 0.686 bits per heavy atom. The van der Waals surface area contributed by atoms with E-state index in [-0.39, 0.29) is 0 Å². The number of alkyl halides is 1. The second kappa shape index (κ2) is 30.6. The van der Waals surface area contributed by atoms with Crippen LogP contribution in [0.1, 0.15) is 112 Å². The number of nitrogens with zero attached hydrogens (tertiary/aromatic N) is 1. The quantitative estimate of drug-likeness (QED) is 0.0596. The van der Waals surface area contributed by atoms with Gasteiger partial charge in [-0.05, 0) is 161 Å². The summed E-state index contributed by atoms with van der Waals surface area (Å²) in [5.41, 5.74) is 5.61. The molecule has 0 radical (unpaired) electrons. The zero-order chi connectivity index (χ0) is 40.3. The summed E-state index contributed by atoms with van der Waals surface area (Å²) in [6, 6.07) is 4.89. The van der Waals surface area contributed by atoms with Crippen LogP contribution in [0.5, 0.6) is 0 Å². The number of nitrogens with two attached hydrogens (primary N) is 1. The van der Waals surface area contributed by atoms with Gasteiger partial charge in [-0.1, -0.05) is 95.5 Å². The first-order valence-corrected chi connectivity index (χ1v) is 40.4. The fraction of sp³-hybridized carbons (Fsp3) is 1.00. The second-order valence-electron chi connectivity index (χ2n) is 18.0. The highest BCUT2D eigenvalue weighted by Gasteiger charge is 2.40. The minimum Gasteiger partial charge on any atom is -0.437 e. The van der Waals surface area contributed by atoms with Crippen molar-refractivity contribution in [2.45, 2.75) is 214 Å². The molecule has 0 heterocycles. The average Bonchev–Trinajstić information content (AvgIpc) is 2.97. The molecule has 0 spiro atoms. The van der Waals surface area contributed by atoms with Crippen LogP contribution < -0.4 is 5.73 Å². The van der Waals surface area contributed by atoms with Gasteiger partial charge in [0.05, 0.1) is 0 Å². The topological polar surface area (TPSA) is 66.2 Å². The highest BCUT2D eigenvalue weighted by Crippen LogP contribution is 2.28. The van der Waals surface area contributed by atoms with E-state index >= 15 is 0 Å². The molecule has 0 fully saturated rings. The summed E-state index contributed by atoms with van der Waals surface area (Å²) in [4.78, 5) is 2.68. The van der Waals surface area contributed by atoms with Gasteiger partial charge in [0.25, 0.3) is 0 Å². The van der Waals surface area contributed by atoms with Crippen molar-refractivity contribution in [1.82, 2.24) is 4.90 Å². The molecule has 0 rings (SSSR count). The summed E-state index contributed by atoms with van der Waals surface area (Å²) in [5.74, 6) is 0. The molecular weight excluding hydrogens is 797 g/mol. The fourth-order valence-corrected chi connectivity index (χ4v) is 35.6. The first kappa shape index (κ1) is 56.9. The van der Waals surface area contributed by atoms with Gasteiger partial charge in [0.1, 0.15) is 0 Å².